The third kappa shape index (κ3) is 3.08. The molecule has 4 heteroatoms. The van der Waals surface area contributed by atoms with Crippen molar-refractivity contribution in [2.24, 2.45) is 0 Å². The maximum absolute atomic E-state index is 14.1. The number of hydrogen-bond donors (Lipinski definition) is 0. The smallest absolute Gasteiger partial charge is 0.164 e. The van der Waals surface area contributed by atoms with Gasteiger partial charge in [-0.25, -0.2) is 0 Å². The summed E-state index contributed by atoms with van der Waals surface area (Å²) in [5, 5.41) is 14.1. The topological polar surface area (TPSA) is 41.5 Å². The van der Waals surface area contributed by atoms with E-state index in [2.05, 4.69) is 12.1 Å². The van der Waals surface area contributed by atoms with Crippen molar-refractivity contribution < 1.29 is 14.1 Å². The van der Waals surface area contributed by atoms with E-state index in [0.29, 0.717) is 13.0 Å². The second kappa shape index (κ2) is 6.46. The fraction of sp³-hybridized carbons (Fsp3) is 0.455. The van der Waals surface area contributed by atoms with Crippen LogP contribution in [0.2, 0.25) is 0 Å². The number of fused-ring (bicyclic) bond motifs is 1. The van der Waals surface area contributed by atoms with Crippen LogP contribution in [-0.2, 0) is 22.4 Å². The van der Waals surface area contributed by atoms with Crippen LogP contribution in [0.4, 0.5) is 0 Å². The Bertz CT molecular complexity index is 748. The minimum atomic E-state index is -0.628. The molecule has 0 radical (unpaired) electrons. The van der Waals surface area contributed by atoms with Crippen molar-refractivity contribution in [3.05, 3.63) is 77.0 Å². The third-order valence-corrected chi connectivity index (χ3v) is 5.83. The van der Waals surface area contributed by atoms with Gasteiger partial charge in [0.25, 0.3) is 0 Å². The van der Waals surface area contributed by atoms with Crippen molar-refractivity contribution in [3.8, 4) is 0 Å². The van der Waals surface area contributed by atoms with Crippen molar-refractivity contribution >= 4 is 0 Å². The molecule has 2 aromatic rings. The van der Waals surface area contributed by atoms with Gasteiger partial charge in [-0.15, -0.1) is 0 Å². The van der Waals surface area contributed by atoms with E-state index >= 15 is 0 Å². The molecule has 26 heavy (non-hydrogen) atoms. The van der Waals surface area contributed by atoms with Crippen molar-refractivity contribution in [1.82, 2.24) is 0 Å². The molecule has 2 saturated heterocycles. The quantitative estimate of drug-likeness (QED) is 0.615. The lowest BCUT2D eigenvalue weighted by Crippen LogP contribution is -2.55. The van der Waals surface area contributed by atoms with Crippen LogP contribution in [0, 0.1) is 5.21 Å². The Kier molecular flexibility index (Phi) is 4.40. The molecular weight excluding hydrogens is 326 g/mol. The molecule has 0 aromatic heterocycles. The van der Waals surface area contributed by atoms with Crippen LogP contribution >= 0.6 is 0 Å². The second-order valence-electron chi connectivity index (χ2n) is 8.06. The SMILES string of the molecule is C[C@@H]1[C@H]2OC(C)(C)O[C@H]2[C@@H](Cc2ccccc2)[N@@+]1([O-])Cc1ccccc1. The Balaban J connectivity index is 1.68. The molecule has 5 atom stereocenters. The third-order valence-electron chi connectivity index (χ3n) is 5.83. The summed E-state index contributed by atoms with van der Waals surface area (Å²) in [7, 11) is 0. The van der Waals surface area contributed by atoms with Gasteiger partial charge in [-0.3, -0.25) is 0 Å². The molecule has 138 valence electrons. The van der Waals surface area contributed by atoms with Crippen LogP contribution in [0.3, 0.4) is 0 Å². The largest absolute Gasteiger partial charge is 0.632 e. The van der Waals surface area contributed by atoms with E-state index in [1.807, 2.05) is 69.3 Å². The van der Waals surface area contributed by atoms with Gasteiger partial charge < -0.3 is 19.3 Å². The molecule has 0 unspecified atom stereocenters. The zero-order valence-corrected chi connectivity index (χ0v) is 15.7. The van der Waals surface area contributed by atoms with E-state index < -0.39 is 5.79 Å². The molecular formula is C22H27NO3. The van der Waals surface area contributed by atoms with Crippen molar-refractivity contribution in [3.63, 3.8) is 0 Å². The number of hydroxylamine groups is 3. The fourth-order valence-electron chi connectivity index (χ4n) is 4.54. The van der Waals surface area contributed by atoms with E-state index in [9.17, 15) is 5.21 Å². The predicted octanol–water partition coefficient (Wildman–Crippen LogP) is 4.03. The van der Waals surface area contributed by atoms with Crippen LogP contribution in [0.5, 0.6) is 0 Å². The number of ether oxygens (including phenoxy) is 2. The number of benzene rings is 2. The molecule has 2 heterocycles. The first-order valence-electron chi connectivity index (χ1n) is 9.41. The zero-order valence-electron chi connectivity index (χ0n) is 15.7. The Morgan fingerprint density at radius 3 is 2.04 bits per heavy atom. The normalized spacial score (nSPS) is 35.4. The van der Waals surface area contributed by atoms with Crippen LogP contribution in [-0.4, -0.2) is 34.7 Å². The molecule has 0 amide bonds. The van der Waals surface area contributed by atoms with Crippen molar-refractivity contribution in [2.45, 2.75) is 63.8 Å². The Morgan fingerprint density at radius 1 is 0.885 bits per heavy atom. The summed E-state index contributed by atoms with van der Waals surface area (Å²) in [5.74, 6) is -0.628. The average Bonchev–Trinajstić information content (AvgIpc) is 3.03. The molecule has 4 nitrogen and oxygen atoms in total. The predicted molar refractivity (Wildman–Crippen MR) is 101 cm³/mol. The average molecular weight is 353 g/mol. The van der Waals surface area contributed by atoms with E-state index in [-0.39, 0.29) is 28.9 Å². The van der Waals surface area contributed by atoms with Gasteiger partial charge in [0.2, 0.25) is 0 Å². The van der Waals surface area contributed by atoms with Gasteiger partial charge in [-0.05, 0) is 26.3 Å². The zero-order chi connectivity index (χ0) is 18.4. The van der Waals surface area contributed by atoms with Gasteiger partial charge in [-0.2, -0.15) is 0 Å². The molecule has 0 bridgehead atoms. The minimum Gasteiger partial charge on any atom is -0.632 e. The first-order chi connectivity index (χ1) is 12.4. The molecule has 0 spiro atoms. The minimum absolute atomic E-state index is 0.167. The number of quaternary nitrogens is 1. The molecule has 2 aliphatic rings. The molecule has 2 fully saturated rings. The molecule has 2 aliphatic heterocycles. The monoisotopic (exact) mass is 353 g/mol. The maximum Gasteiger partial charge on any atom is 0.164 e. The molecule has 0 saturated carbocycles. The summed E-state index contributed by atoms with van der Waals surface area (Å²) < 4.78 is 12.1. The standard InChI is InChI=1S/C22H27NO3/c1-16-20-21(26-22(2,3)25-20)19(14-17-10-6-4-7-11-17)23(16,24)15-18-12-8-5-9-13-18/h4-13,16,19-21H,14-15H2,1-3H3/t16-,19-,20-,21+,23-/m1/s1. The molecule has 2 aromatic carbocycles. The van der Waals surface area contributed by atoms with Gasteiger partial charge in [0.05, 0.1) is 0 Å². The molecule has 0 aliphatic carbocycles. The Labute approximate surface area is 155 Å². The lowest BCUT2D eigenvalue weighted by atomic mass is 10.0. The summed E-state index contributed by atoms with van der Waals surface area (Å²) in [6.45, 7) is 6.34. The highest BCUT2D eigenvalue weighted by Gasteiger charge is 2.62. The van der Waals surface area contributed by atoms with Crippen molar-refractivity contribution in [1.29, 1.82) is 0 Å². The highest BCUT2D eigenvalue weighted by molar-refractivity contribution is 5.18. The van der Waals surface area contributed by atoms with Crippen LogP contribution in [0.1, 0.15) is 31.9 Å². The molecule has 0 N–H and O–H groups in total. The van der Waals surface area contributed by atoms with Crippen LogP contribution < -0.4 is 0 Å². The second-order valence-corrected chi connectivity index (χ2v) is 8.06. The van der Waals surface area contributed by atoms with Crippen molar-refractivity contribution in [2.75, 3.05) is 0 Å². The van der Waals surface area contributed by atoms with Gasteiger partial charge in [-0.1, -0.05) is 60.7 Å². The fourth-order valence-corrected chi connectivity index (χ4v) is 4.54. The van der Waals surface area contributed by atoms with Gasteiger partial charge >= 0.3 is 0 Å². The van der Waals surface area contributed by atoms with E-state index in [1.165, 1.54) is 5.56 Å². The summed E-state index contributed by atoms with van der Waals surface area (Å²) in [5.41, 5.74) is 2.23. The summed E-state index contributed by atoms with van der Waals surface area (Å²) in [4.78, 5) is 0. The Hall–Kier alpha value is -1.72. The van der Waals surface area contributed by atoms with Gasteiger partial charge in [0, 0.05) is 12.0 Å². The number of nitrogens with zero attached hydrogens (tertiary/aromatic N) is 1. The summed E-state index contributed by atoms with van der Waals surface area (Å²) >= 11 is 0. The van der Waals surface area contributed by atoms with Gasteiger partial charge in [0.1, 0.15) is 30.8 Å². The first kappa shape index (κ1) is 17.7. The number of rotatable bonds is 4. The first-order valence-corrected chi connectivity index (χ1v) is 9.41. The highest BCUT2D eigenvalue weighted by atomic mass is 16.8. The summed E-state index contributed by atoms with van der Waals surface area (Å²) in [6.07, 6.45) is 0.351. The lowest BCUT2D eigenvalue weighted by molar-refractivity contribution is -0.930. The van der Waals surface area contributed by atoms with E-state index in [4.69, 9.17) is 9.47 Å². The lowest BCUT2D eigenvalue weighted by Gasteiger charge is -2.49. The summed E-state index contributed by atoms with van der Waals surface area (Å²) in [6, 6.07) is 19.9. The van der Waals surface area contributed by atoms with E-state index in [0.717, 1.165) is 5.56 Å². The maximum atomic E-state index is 14.1. The van der Waals surface area contributed by atoms with E-state index in [1.54, 1.807) is 0 Å². The van der Waals surface area contributed by atoms with Gasteiger partial charge in [0.15, 0.2) is 5.79 Å². The Morgan fingerprint density at radius 2 is 1.42 bits per heavy atom. The highest BCUT2D eigenvalue weighted by Crippen LogP contribution is 2.46. The number of hydrogen-bond acceptors (Lipinski definition) is 3. The number of likely N-dealkylation sites (tertiary alicyclic amines) is 1. The van der Waals surface area contributed by atoms with Crippen LogP contribution in [0.25, 0.3) is 0 Å². The molecule has 4 rings (SSSR count). The van der Waals surface area contributed by atoms with Crippen LogP contribution in [0.15, 0.2) is 60.7 Å².